The van der Waals surface area contributed by atoms with Gasteiger partial charge in [0.05, 0.1) is 4.88 Å². The molecule has 2 rings (SSSR count). The number of hydrogen-bond acceptors (Lipinski definition) is 3. The van der Waals surface area contributed by atoms with Crippen LogP contribution in [0.2, 0.25) is 0 Å². The number of aromatic nitrogens is 2. The Hall–Kier alpha value is -1.62. The first-order chi connectivity index (χ1) is 8.08. The van der Waals surface area contributed by atoms with E-state index in [0.717, 1.165) is 16.1 Å². The van der Waals surface area contributed by atoms with E-state index in [4.69, 9.17) is 0 Å². The number of amides is 1. The quantitative estimate of drug-likeness (QED) is 0.877. The maximum Gasteiger partial charge on any atom is 0.267 e. The molecule has 5 heteroatoms. The van der Waals surface area contributed by atoms with Crippen LogP contribution in [-0.4, -0.2) is 16.1 Å². The summed E-state index contributed by atoms with van der Waals surface area (Å²) in [6.07, 6.45) is 0. The minimum absolute atomic E-state index is 0.0979. The fraction of sp³-hybridized carbons (Fsp3) is 0.333. The number of thiophene rings is 1. The molecule has 0 aliphatic rings. The molecular formula is C12H15N3OS. The van der Waals surface area contributed by atoms with Gasteiger partial charge in [-0.2, -0.15) is 5.10 Å². The fourth-order valence-electron chi connectivity index (χ4n) is 1.47. The van der Waals surface area contributed by atoms with Crippen molar-refractivity contribution in [2.75, 3.05) is 5.32 Å². The second-order valence-electron chi connectivity index (χ2n) is 4.25. The number of carbonyl (C=O) groups excluding carboxylic acids is 1. The van der Waals surface area contributed by atoms with Crippen molar-refractivity contribution in [3.05, 3.63) is 33.6 Å². The van der Waals surface area contributed by atoms with Crippen LogP contribution in [0.15, 0.2) is 17.5 Å². The van der Waals surface area contributed by atoms with Gasteiger partial charge in [-0.25, -0.2) is 0 Å². The molecule has 2 heterocycles. The molecular weight excluding hydrogens is 234 g/mol. The number of hydrogen-bond donors (Lipinski definition) is 2. The lowest BCUT2D eigenvalue weighted by atomic mass is 10.1. The van der Waals surface area contributed by atoms with Gasteiger partial charge in [0.2, 0.25) is 0 Å². The molecule has 0 saturated heterocycles. The number of H-pyrrole nitrogens is 1. The summed E-state index contributed by atoms with van der Waals surface area (Å²) in [5.74, 6) is 0.849. The van der Waals surface area contributed by atoms with Gasteiger partial charge in [0.25, 0.3) is 5.91 Å². The van der Waals surface area contributed by atoms with E-state index in [1.165, 1.54) is 11.3 Å². The van der Waals surface area contributed by atoms with Crippen LogP contribution in [0.25, 0.3) is 0 Å². The molecule has 90 valence electrons. The van der Waals surface area contributed by atoms with Gasteiger partial charge in [-0.3, -0.25) is 9.89 Å². The summed E-state index contributed by atoms with van der Waals surface area (Å²) in [5.41, 5.74) is 2.01. The van der Waals surface area contributed by atoms with Crippen molar-refractivity contribution < 1.29 is 4.79 Å². The fourth-order valence-corrected chi connectivity index (χ4v) is 2.30. The topological polar surface area (TPSA) is 57.8 Å². The Morgan fingerprint density at radius 2 is 2.29 bits per heavy atom. The van der Waals surface area contributed by atoms with E-state index in [2.05, 4.69) is 29.4 Å². The summed E-state index contributed by atoms with van der Waals surface area (Å²) in [4.78, 5) is 12.7. The standard InChI is InChI=1S/C12H15N3OS/c1-7(2)9-6-10(15-14-9)13-12(16)11-8(3)4-5-17-11/h4-7H,1-3H3,(H2,13,14,15,16). The predicted molar refractivity (Wildman–Crippen MR) is 69.7 cm³/mol. The Balaban J connectivity index is 2.11. The highest BCUT2D eigenvalue weighted by Gasteiger charge is 2.12. The van der Waals surface area contributed by atoms with Gasteiger partial charge in [0.15, 0.2) is 5.82 Å². The third kappa shape index (κ3) is 2.55. The molecule has 0 aliphatic heterocycles. The van der Waals surface area contributed by atoms with E-state index in [1.807, 2.05) is 24.4 Å². The first-order valence-electron chi connectivity index (χ1n) is 5.48. The van der Waals surface area contributed by atoms with Crippen LogP contribution < -0.4 is 5.32 Å². The maximum absolute atomic E-state index is 11.9. The molecule has 0 spiro atoms. The molecule has 0 aliphatic carbocycles. The van der Waals surface area contributed by atoms with Crippen LogP contribution in [0.5, 0.6) is 0 Å². The average Bonchev–Trinajstić information content (AvgIpc) is 2.86. The molecule has 0 aromatic carbocycles. The number of aromatic amines is 1. The molecule has 0 atom stereocenters. The third-order valence-electron chi connectivity index (χ3n) is 2.53. The molecule has 0 saturated carbocycles. The Bertz CT molecular complexity index is 527. The van der Waals surface area contributed by atoms with Crippen LogP contribution in [-0.2, 0) is 0 Å². The van der Waals surface area contributed by atoms with Crippen molar-refractivity contribution in [2.24, 2.45) is 0 Å². The molecule has 17 heavy (non-hydrogen) atoms. The Kier molecular flexibility index (Phi) is 3.28. The van der Waals surface area contributed by atoms with E-state index in [-0.39, 0.29) is 5.91 Å². The van der Waals surface area contributed by atoms with Crippen molar-refractivity contribution in [1.29, 1.82) is 0 Å². The van der Waals surface area contributed by atoms with Gasteiger partial charge < -0.3 is 5.32 Å². The lowest BCUT2D eigenvalue weighted by molar-refractivity contribution is 0.102. The first-order valence-corrected chi connectivity index (χ1v) is 6.36. The summed E-state index contributed by atoms with van der Waals surface area (Å²) in [5, 5.41) is 11.7. The van der Waals surface area contributed by atoms with Gasteiger partial charge in [0.1, 0.15) is 0 Å². The van der Waals surface area contributed by atoms with Gasteiger partial charge in [-0.15, -0.1) is 11.3 Å². The van der Waals surface area contributed by atoms with E-state index in [1.54, 1.807) is 0 Å². The summed E-state index contributed by atoms with van der Waals surface area (Å²) >= 11 is 1.44. The van der Waals surface area contributed by atoms with E-state index >= 15 is 0 Å². The third-order valence-corrected chi connectivity index (χ3v) is 3.54. The molecule has 2 aromatic heterocycles. The largest absolute Gasteiger partial charge is 0.304 e. The lowest BCUT2D eigenvalue weighted by Gasteiger charge is -2.00. The normalized spacial score (nSPS) is 10.8. The van der Waals surface area contributed by atoms with Crippen molar-refractivity contribution >= 4 is 23.1 Å². The number of carbonyl (C=O) groups is 1. The smallest absolute Gasteiger partial charge is 0.267 e. The predicted octanol–water partition coefficient (Wildman–Crippen LogP) is 3.16. The van der Waals surface area contributed by atoms with Gasteiger partial charge >= 0.3 is 0 Å². The van der Waals surface area contributed by atoms with Crippen LogP contribution in [0.4, 0.5) is 5.82 Å². The highest BCUT2D eigenvalue weighted by Crippen LogP contribution is 2.19. The zero-order chi connectivity index (χ0) is 12.4. The van der Waals surface area contributed by atoms with Crippen LogP contribution >= 0.6 is 11.3 Å². The second-order valence-corrected chi connectivity index (χ2v) is 5.17. The van der Waals surface area contributed by atoms with Gasteiger partial charge in [-0.05, 0) is 29.9 Å². The van der Waals surface area contributed by atoms with Gasteiger partial charge in [0, 0.05) is 11.8 Å². The minimum Gasteiger partial charge on any atom is -0.304 e. The molecule has 4 nitrogen and oxygen atoms in total. The van der Waals surface area contributed by atoms with E-state index in [0.29, 0.717) is 11.7 Å². The molecule has 1 amide bonds. The Morgan fingerprint density at radius 1 is 1.53 bits per heavy atom. The highest BCUT2D eigenvalue weighted by molar-refractivity contribution is 7.12. The monoisotopic (exact) mass is 249 g/mol. The van der Waals surface area contributed by atoms with E-state index < -0.39 is 0 Å². The molecule has 0 radical (unpaired) electrons. The van der Waals surface area contributed by atoms with Gasteiger partial charge in [-0.1, -0.05) is 13.8 Å². The van der Waals surface area contributed by atoms with Crippen LogP contribution in [0.3, 0.4) is 0 Å². The van der Waals surface area contributed by atoms with Crippen LogP contribution in [0, 0.1) is 6.92 Å². The average molecular weight is 249 g/mol. The molecule has 0 bridgehead atoms. The zero-order valence-electron chi connectivity index (χ0n) is 10.1. The number of nitrogens with one attached hydrogen (secondary N) is 2. The Labute approximate surface area is 104 Å². The lowest BCUT2D eigenvalue weighted by Crippen LogP contribution is -2.11. The number of aryl methyl sites for hydroxylation is 1. The summed E-state index contributed by atoms with van der Waals surface area (Å²) in [6, 6.07) is 3.80. The highest BCUT2D eigenvalue weighted by atomic mass is 32.1. The van der Waals surface area contributed by atoms with Crippen molar-refractivity contribution in [1.82, 2.24) is 10.2 Å². The van der Waals surface area contributed by atoms with Crippen molar-refractivity contribution in [3.8, 4) is 0 Å². The van der Waals surface area contributed by atoms with Crippen molar-refractivity contribution in [3.63, 3.8) is 0 Å². The summed E-state index contributed by atoms with van der Waals surface area (Å²) < 4.78 is 0. The molecule has 0 unspecified atom stereocenters. The summed E-state index contributed by atoms with van der Waals surface area (Å²) in [7, 11) is 0. The second kappa shape index (κ2) is 4.71. The molecule has 2 N–H and O–H groups in total. The number of nitrogens with zero attached hydrogens (tertiary/aromatic N) is 1. The SMILES string of the molecule is Cc1ccsc1C(=O)Nc1cc(C(C)C)[nH]n1. The molecule has 2 aromatic rings. The zero-order valence-corrected chi connectivity index (χ0v) is 10.9. The first kappa shape index (κ1) is 11.9. The van der Waals surface area contributed by atoms with Crippen LogP contribution in [0.1, 0.15) is 40.7 Å². The van der Waals surface area contributed by atoms with E-state index in [9.17, 15) is 4.79 Å². The maximum atomic E-state index is 11.9. The molecule has 0 fully saturated rings. The Morgan fingerprint density at radius 3 is 2.82 bits per heavy atom. The summed E-state index contributed by atoms with van der Waals surface area (Å²) in [6.45, 7) is 6.07. The number of rotatable bonds is 3. The minimum atomic E-state index is -0.0979. The number of anilines is 1. The van der Waals surface area contributed by atoms with Crippen molar-refractivity contribution in [2.45, 2.75) is 26.7 Å².